The first kappa shape index (κ1) is 23.5. The van der Waals surface area contributed by atoms with E-state index in [1.807, 2.05) is 73.7 Å². The van der Waals surface area contributed by atoms with Crippen molar-refractivity contribution in [3.05, 3.63) is 134 Å². The van der Waals surface area contributed by atoms with E-state index in [1.165, 1.54) is 24.3 Å². The summed E-state index contributed by atoms with van der Waals surface area (Å²) in [5.74, 6) is 0.507. The van der Waals surface area contributed by atoms with Crippen LogP contribution in [0.4, 0.5) is 17.1 Å². The Bertz CT molecular complexity index is 1720. The third-order valence-corrected chi connectivity index (χ3v) is 5.80. The van der Waals surface area contributed by atoms with Crippen molar-refractivity contribution >= 4 is 40.1 Å². The summed E-state index contributed by atoms with van der Waals surface area (Å²) in [5, 5.41) is 19.8. The molecule has 0 radical (unpaired) electrons. The minimum absolute atomic E-state index is 0.00830. The first-order valence-electron chi connectivity index (χ1n) is 11.5. The van der Waals surface area contributed by atoms with Crippen LogP contribution >= 0.6 is 0 Å². The normalized spacial score (nSPS) is 11.5. The van der Waals surface area contributed by atoms with Gasteiger partial charge < -0.3 is 0 Å². The zero-order valence-electron chi connectivity index (χ0n) is 19.9. The van der Waals surface area contributed by atoms with Gasteiger partial charge in [0.05, 0.1) is 32.9 Å². The number of nitrogens with zero attached hydrogens (tertiary/aromatic N) is 5. The molecule has 8 heteroatoms. The van der Waals surface area contributed by atoms with Crippen molar-refractivity contribution in [2.45, 2.75) is 6.92 Å². The lowest BCUT2D eigenvalue weighted by molar-refractivity contribution is -0.384. The standard InChI is InChI=1S/C29H21N5O3/c1-20-19-24(16-17-26(20)32-31-22-12-14-23(15-13-22)34(36)37)33-28(18-11-21-7-3-2-4-8-21)30-27-10-6-5-9-25(27)29(33)35/h2-19H,1H3/b18-11+,32-31?. The van der Waals surface area contributed by atoms with Crippen LogP contribution in [0.25, 0.3) is 28.7 Å². The molecule has 180 valence electrons. The molecule has 0 bridgehead atoms. The number of rotatable bonds is 6. The summed E-state index contributed by atoms with van der Waals surface area (Å²) < 4.78 is 1.59. The summed E-state index contributed by atoms with van der Waals surface area (Å²) in [6.07, 6.45) is 3.76. The summed E-state index contributed by atoms with van der Waals surface area (Å²) >= 11 is 0. The first-order chi connectivity index (χ1) is 18.0. The number of hydrogen-bond acceptors (Lipinski definition) is 6. The molecular formula is C29H21N5O3. The van der Waals surface area contributed by atoms with Gasteiger partial charge in [0.2, 0.25) is 0 Å². The average molecular weight is 488 g/mol. The smallest absolute Gasteiger partial charge is 0.268 e. The Morgan fingerprint density at radius 3 is 2.32 bits per heavy atom. The van der Waals surface area contributed by atoms with Crippen molar-refractivity contribution in [3.63, 3.8) is 0 Å². The van der Waals surface area contributed by atoms with Crippen LogP contribution in [0.1, 0.15) is 17.0 Å². The molecule has 0 saturated carbocycles. The minimum Gasteiger partial charge on any atom is -0.268 e. The second-order valence-corrected chi connectivity index (χ2v) is 8.32. The Labute approximate surface area is 212 Å². The van der Waals surface area contributed by atoms with Crippen LogP contribution in [0.15, 0.2) is 112 Å². The number of para-hydroxylation sites is 1. The van der Waals surface area contributed by atoms with Gasteiger partial charge in [0.15, 0.2) is 0 Å². The van der Waals surface area contributed by atoms with Crippen molar-refractivity contribution in [1.29, 1.82) is 0 Å². The van der Waals surface area contributed by atoms with Gasteiger partial charge in [0.25, 0.3) is 11.2 Å². The molecule has 37 heavy (non-hydrogen) atoms. The van der Waals surface area contributed by atoms with Gasteiger partial charge in [-0.1, -0.05) is 48.5 Å². The van der Waals surface area contributed by atoms with E-state index >= 15 is 0 Å². The number of hydrogen-bond donors (Lipinski definition) is 0. The lowest BCUT2D eigenvalue weighted by atomic mass is 10.1. The minimum atomic E-state index is -0.462. The molecule has 1 aromatic heterocycles. The molecule has 0 N–H and O–H groups in total. The Morgan fingerprint density at radius 1 is 0.865 bits per heavy atom. The van der Waals surface area contributed by atoms with Gasteiger partial charge in [-0.2, -0.15) is 10.2 Å². The topological polar surface area (TPSA) is 103 Å². The molecule has 0 unspecified atom stereocenters. The molecule has 0 saturated heterocycles. The van der Waals surface area contributed by atoms with Crippen LogP contribution < -0.4 is 5.56 Å². The molecule has 0 atom stereocenters. The number of aromatic nitrogens is 2. The molecule has 5 rings (SSSR count). The summed E-state index contributed by atoms with van der Waals surface area (Å²) in [6, 6.07) is 28.4. The largest absolute Gasteiger partial charge is 0.269 e. The molecule has 0 aliphatic rings. The number of benzene rings is 4. The van der Waals surface area contributed by atoms with Crippen molar-refractivity contribution in [2.24, 2.45) is 10.2 Å². The number of azo groups is 1. The van der Waals surface area contributed by atoms with E-state index in [0.29, 0.717) is 33.8 Å². The number of fused-ring (bicyclic) bond motifs is 1. The lowest BCUT2D eigenvalue weighted by Crippen LogP contribution is -2.22. The molecule has 0 amide bonds. The quantitative estimate of drug-likeness (QED) is 0.144. The summed E-state index contributed by atoms with van der Waals surface area (Å²) in [5.41, 5.74) is 4.02. The van der Waals surface area contributed by atoms with Gasteiger partial charge in [-0.15, -0.1) is 0 Å². The van der Waals surface area contributed by atoms with E-state index in [-0.39, 0.29) is 11.2 Å². The summed E-state index contributed by atoms with van der Waals surface area (Å²) in [4.78, 5) is 28.7. The third-order valence-electron chi connectivity index (χ3n) is 5.80. The maximum atomic E-state index is 13.5. The highest BCUT2D eigenvalue weighted by Crippen LogP contribution is 2.26. The van der Waals surface area contributed by atoms with Crippen molar-refractivity contribution in [3.8, 4) is 5.69 Å². The Hall–Kier alpha value is -5.24. The maximum absolute atomic E-state index is 13.5. The Balaban J connectivity index is 1.54. The number of nitro benzene ring substituents is 1. The van der Waals surface area contributed by atoms with E-state index in [4.69, 9.17) is 4.98 Å². The molecule has 5 aromatic rings. The number of non-ortho nitro benzene ring substituents is 1. The van der Waals surface area contributed by atoms with Crippen LogP contribution in [0.2, 0.25) is 0 Å². The maximum Gasteiger partial charge on any atom is 0.269 e. The molecule has 4 aromatic carbocycles. The number of nitro groups is 1. The molecule has 0 aliphatic heterocycles. The second kappa shape index (κ2) is 10.2. The first-order valence-corrected chi connectivity index (χ1v) is 11.5. The van der Waals surface area contributed by atoms with Crippen LogP contribution in [0.5, 0.6) is 0 Å². The van der Waals surface area contributed by atoms with E-state index in [1.54, 1.807) is 22.8 Å². The monoisotopic (exact) mass is 487 g/mol. The zero-order valence-corrected chi connectivity index (χ0v) is 19.9. The SMILES string of the molecule is Cc1cc(-n2c(/C=C/c3ccccc3)nc3ccccc3c2=O)ccc1N=Nc1ccc([N+](=O)[O-])cc1. The lowest BCUT2D eigenvalue weighted by Gasteiger charge is -2.13. The second-order valence-electron chi connectivity index (χ2n) is 8.32. The summed E-state index contributed by atoms with van der Waals surface area (Å²) in [6.45, 7) is 1.88. The Kier molecular flexibility index (Phi) is 6.46. The zero-order chi connectivity index (χ0) is 25.8. The van der Waals surface area contributed by atoms with E-state index in [9.17, 15) is 14.9 Å². The van der Waals surface area contributed by atoms with Crippen LogP contribution in [-0.4, -0.2) is 14.5 Å². The molecule has 8 nitrogen and oxygen atoms in total. The van der Waals surface area contributed by atoms with Gasteiger partial charge in [0, 0.05) is 12.1 Å². The highest BCUT2D eigenvalue weighted by Gasteiger charge is 2.12. The fraction of sp³-hybridized carbons (Fsp3) is 0.0345. The predicted octanol–water partition coefficient (Wildman–Crippen LogP) is 7.19. The van der Waals surface area contributed by atoms with Crippen molar-refractivity contribution < 1.29 is 4.92 Å². The Morgan fingerprint density at radius 2 is 1.59 bits per heavy atom. The van der Waals surface area contributed by atoms with E-state index in [2.05, 4.69) is 10.2 Å². The van der Waals surface area contributed by atoms with E-state index in [0.717, 1.165) is 11.1 Å². The fourth-order valence-electron chi connectivity index (χ4n) is 3.89. The molecule has 0 spiro atoms. The highest BCUT2D eigenvalue weighted by atomic mass is 16.6. The van der Waals surface area contributed by atoms with Gasteiger partial charge >= 0.3 is 0 Å². The third kappa shape index (κ3) is 5.08. The predicted molar refractivity (Wildman–Crippen MR) is 145 cm³/mol. The fourth-order valence-corrected chi connectivity index (χ4v) is 3.89. The van der Waals surface area contributed by atoms with Gasteiger partial charge in [-0.05, 0) is 66.6 Å². The van der Waals surface area contributed by atoms with Crippen LogP contribution in [0, 0.1) is 17.0 Å². The molecule has 0 fully saturated rings. The molecular weight excluding hydrogens is 466 g/mol. The highest BCUT2D eigenvalue weighted by molar-refractivity contribution is 5.80. The molecule has 0 aliphatic carbocycles. The van der Waals surface area contributed by atoms with Crippen LogP contribution in [-0.2, 0) is 0 Å². The van der Waals surface area contributed by atoms with Crippen LogP contribution in [0.3, 0.4) is 0 Å². The van der Waals surface area contributed by atoms with E-state index < -0.39 is 4.92 Å². The summed E-state index contributed by atoms with van der Waals surface area (Å²) in [7, 11) is 0. The van der Waals surface area contributed by atoms with Gasteiger partial charge in [0.1, 0.15) is 5.82 Å². The van der Waals surface area contributed by atoms with Gasteiger partial charge in [-0.25, -0.2) is 4.98 Å². The number of aryl methyl sites for hydroxylation is 1. The van der Waals surface area contributed by atoms with Crippen molar-refractivity contribution in [2.75, 3.05) is 0 Å². The van der Waals surface area contributed by atoms with Gasteiger partial charge in [-0.3, -0.25) is 19.5 Å². The molecule has 1 heterocycles. The average Bonchev–Trinajstić information content (AvgIpc) is 2.92. The van der Waals surface area contributed by atoms with Crippen molar-refractivity contribution in [1.82, 2.24) is 9.55 Å².